The minimum absolute atomic E-state index is 0.0672. The van der Waals surface area contributed by atoms with Crippen molar-refractivity contribution in [2.45, 2.75) is 19.1 Å². The highest BCUT2D eigenvalue weighted by Gasteiger charge is 2.41. The van der Waals surface area contributed by atoms with Gasteiger partial charge >= 0.3 is 6.18 Å². The number of alkyl halides is 3. The molecule has 24 heavy (non-hydrogen) atoms. The smallest absolute Gasteiger partial charge is 0.395 e. The Hall–Kier alpha value is -2.09. The van der Waals surface area contributed by atoms with E-state index in [1.165, 1.54) is 4.90 Å². The number of amides is 2. The van der Waals surface area contributed by atoms with Gasteiger partial charge in [0.25, 0.3) is 0 Å². The second-order valence-corrected chi connectivity index (χ2v) is 5.76. The molecule has 8 heteroatoms. The van der Waals surface area contributed by atoms with Crippen molar-refractivity contribution in [2.75, 3.05) is 26.2 Å². The van der Waals surface area contributed by atoms with Crippen molar-refractivity contribution < 1.29 is 27.9 Å². The second-order valence-electron chi connectivity index (χ2n) is 5.76. The van der Waals surface area contributed by atoms with Crippen LogP contribution in [-0.4, -0.2) is 59.1 Å². The van der Waals surface area contributed by atoms with E-state index < -0.39 is 30.5 Å². The molecule has 1 N–H and O–H groups in total. The Labute approximate surface area is 137 Å². The zero-order valence-corrected chi connectivity index (χ0v) is 13.0. The molecule has 1 saturated heterocycles. The van der Waals surface area contributed by atoms with Crippen LogP contribution in [-0.2, 0) is 16.1 Å². The van der Waals surface area contributed by atoms with Crippen molar-refractivity contribution >= 4 is 11.8 Å². The van der Waals surface area contributed by atoms with Crippen molar-refractivity contribution in [2.24, 2.45) is 5.92 Å². The number of hydrogen-bond donors (Lipinski definition) is 1. The number of hydrogen-bond acceptors (Lipinski definition) is 3. The predicted octanol–water partition coefficient (Wildman–Crippen LogP) is 1.42. The molecule has 2 amide bonds. The van der Waals surface area contributed by atoms with Gasteiger partial charge in [-0.15, -0.1) is 0 Å². The van der Waals surface area contributed by atoms with E-state index in [9.17, 15) is 22.8 Å². The largest absolute Gasteiger partial charge is 0.406 e. The van der Waals surface area contributed by atoms with Crippen LogP contribution in [0.1, 0.15) is 12.0 Å². The highest BCUT2D eigenvalue weighted by atomic mass is 19.4. The fraction of sp³-hybridized carbons (Fsp3) is 0.500. The van der Waals surface area contributed by atoms with Crippen LogP contribution in [0.15, 0.2) is 30.3 Å². The van der Waals surface area contributed by atoms with Gasteiger partial charge in [-0.2, -0.15) is 13.2 Å². The van der Waals surface area contributed by atoms with E-state index in [0.29, 0.717) is 4.90 Å². The first-order chi connectivity index (χ1) is 11.3. The van der Waals surface area contributed by atoms with Crippen molar-refractivity contribution in [1.29, 1.82) is 0 Å². The maximum atomic E-state index is 12.6. The van der Waals surface area contributed by atoms with Gasteiger partial charge in [0, 0.05) is 26.1 Å². The summed E-state index contributed by atoms with van der Waals surface area (Å²) in [6.45, 7) is -1.53. The van der Waals surface area contributed by atoms with Gasteiger partial charge < -0.3 is 14.9 Å². The zero-order chi connectivity index (χ0) is 17.7. The quantitative estimate of drug-likeness (QED) is 0.849. The molecule has 1 aliphatic heterocycles. The molecule has 0 aliphatic carbocycles. The molecule has 1 heterocycles. The lowest BCUT2D eigenvalue weighted by molar-refractivity contribution is -0.157. The number of aliphatic hydroxyl groups is 1. The van der Waals surface area contributed by atoms with Crippen molar-refractivity contribution in [3.05, 3.63) is 35.9 Å². The van der Waals surface area contributed by atoms with Crippen molar-refractivity contribution in [3.63, 3.8) is 0 Å². The Morgan fingerprint density at radius 2 is 1.96 bits per heavy atom. The van der Waals surface area contributed by atoms with E-state index in [4.69, 9.17) is 5.11 Å². The molecule has 1 fully saturated rings. The van der Waals surface area contributed by atoms with Gasteiger partial charge in [0.1, 0.15) is 6.54 Å². The highest BCUT2D eigenvalue weighted by Crippen LogP contribution is 2.25. The molecule has 0 spiro atoms. The van der Waals surface area contributed by atoms with Crippen LogP contribution in [0, 0.1) is 5.92 Å². The molecule has 1 unspecified atom stereocenters. The normalized spacial score (nSPS) is 18.1. The SMILES string of the molecule is O=C1CC(C(=O)N(CCO)Cc2ccccc2)CN1CC(F)(F)F. The van der Waals surface area contributed by atoms with Crippen LogP contribution in [0.3, 0.4) is 0 Å². The Morgan fingerprint density at radius 3 is 2.54 bits per heavy atom. The first-order valence-electron chi connectivity index (χ1n) is 7.58. The van der Waals surface area contributed by atoms with E-state index in [1.807, 2.05) is 18.2 Å². The average Bonchev–Trinajstić information content (AvgIpc) is 2.86. The summed E-state index contributed by atoms with van der Waals surface area (Å²) in [5, 5.41) is 9.14. The summed E-state index contributed by atoms with van der Waals surface area (Å²) in [4.78, 5) is 26.3. The third kappa shape index (κ3) is 4.95. The first-order valence-corrected chi connectivity index (χ1v) is 7.58. The molecule has 1 aromatic rings. The molecule has 0 bridgehead atoms. The Bertz CT molecular complexity index is 578. The Balaban J connectivity index is 2.03. The van der Waals surface area contributed by atoms with Gasteiger partial charge in [-0.25, -0.2) is 0 Å². The van der Waals surface area contributed by atoms with Gasteiger partial charge in [-0.1, -0.05) is 30.3 Å². The predicted molar refractivity (Wildman–Crippen MR) is 79.7 cm³/mol. The number of halogens is 3. The van der Waals surface area contributed by atoms with E-state index in [2.05, 4.69) is 0 Å². The Kier molecular flexibility index (Phi) is 5.82. The lowest BCUT2D eigenvalue weighted by Gasteiger charge is -2.25. The van der Waals surface area contributed by atoms with Crippen LogP contribution in [0.5, 0.6) is 0 Å². The van der Waals surface area contributed by atoms with Crippen molar-refractivity contribution in [3.8, 4) is 0 Å². The third-order valence-corrected chi connectivity index (χ3v) is 3.83. The maximum Gasteiger partial charge on any atom is 0.406 e. The van der Waals surface area contributed by atoms with Gasteiger partial charge in [0.05, 0.1) is 12.5 Å². The van der Waals surface area contributed by atoms with Crippen LogP contribution in [0.2, 0.25) is 0 Å². The van der Waals surface area contributed by atoms with E-state index in [1.54, 1.807) is 12.1 Å². The topological polar surface area (TPSA) is 60.9 Å². The monoisotopic (exact) mass is 344 g/mol. The minimum atomic E-state index is -4.48. The molecule has 5 nitrogen and oxygen atoms in total. The third-order valence-electron chi connectivity index (χ3n) is 3.83. The first kappa shape index (κ1) is 18.3. The number of benzene rings is 1. The van der Waals surface area contributed by atoms with Crippen LogP contribution >= 0.6 is 0 Å². The summed E-state index contributed by atoms with van der Waals surface area (Å²) in [6, 6.07) is 9.06. The van der Waals surface area contributed by atoms with Crippen molar-refractivity contribution in [1.82, 2.24) is 9.80 Å². The number of carbonyl (C=O) groups excluding carboxylic acids is 2. The fourth-order valence-corrected chi connectivity index (χ4v) is 2.76. The summed E-state index contributed by atoms with van der Waals surface area (Å²) in [5.41, 5.74) is 0.843. The number of likely N-dealkylation sites (tertiary alicyclic amines) is 1. The molecule has 1 atom stereocenters. The van der Waals surface area contributed by atoms with E-state index >= 15 is 0 Å². The molecule has 1 aromatic carbocycles. The summed E-state index contributed by atoms with van der Waals surface area (Å²) in [5.74, 6) is -1.89. The fourth-order valence-electron chi connectivity index (χ4n) is 2.76. The minimum Gasteiger partial charge on any atom is -0.395 e. The summed E-state index contributed by atoms with van der Waals surface area (Å²) in [6.07, 6.45) is -4.71. The molecule has 0 saturated carbocycles. The Morgan fingerprint density at radius 1 is 1.29 bits per heavy atom. The van der Waals surface area contributed by atoms with Gasteiger partial charge in [-0.3, -0.25) is 9.59 Å². The maximum absolute atomic E-state index is 12.6. The van der Waals surface area contributed by atoms with Gasteiger partial charge in [0.2, 0.25) is 11.8 Å². The summed E-state index contributed by atoms with van der Waals surface area (Å²) >= 11 is 0. The summed E-state index contributed by atoms with van der Waals surface area (Å²) < 4.78 is 37.4. The summed E-state index contributed by atoms with van der Waals surface area (Å²) in [7, 11) is 0. The van der Waals surface area contributed by atoms with Crippen LogP contribution in [0.25, 0.3) is 0 Å². The average molecular weight is 344 g/mol. The number of rotatable bonds is 6. The highest BCUT2D eigenvalue weighted by molar-refractivity contribution is 5.89. The lowest BCUT2D eigenvalue weighted by Crippen LogP contribution is -2.40. The van der Waals surface area contributed by atoms with Crippen LogP contribution < -0.4 is 0 Å². The standard InChI is InChI=1S/C16H19F3N2O3/c17-16(18,19)11-21-10-13(8-14(21)23)15(24)20(6-7-22)9-12-4-2-1-3-5-12/h1-5,13,22H,6-11H2. The van der Waals surface area contributed by atoms with Gasteiger partial charge in [-0.05, 0) is 5.56 Å². The number of carbonyl (C=O) groups is 2. The van der Waals surface area contributed by atoms with Crippen LogP contribution in [0.4, 0.5) is 13.2 Å². The lowest BCUT2D eigenvalue weighted by atomic mass is 10.1. The number of aliphatic hydroxyl groups excluding tert-OH is 1. The number of nitrogens with zero attached hydrogens (tertiary/aromatic N) is 2. The van der Waals surface area contributed by atoms with E-state index in [0.717, 1.165) is 5.56 Å². The molecule has 0 radical (unpaired) electrons. The molecule has 0 aromatic heterocycles. The van der Waals surface area contributed by atoms with Gasteiger partial charge in [0.15, 0.2) is 0 Å². The molecule has 2 rings (SSSR count). The molecule has 132 valence electrons. The molecular formula is C16H19F3N2O3. The van der Waals surface area contributed by atoms with E-state index in [-0.39, 0.29) is 32.7 Å². The molecular weight excluding hydrogens is 325 g/mol. The second kappa shape index (κ2) is 7.65. The zero-order valence-electron chi connectivity index (χ0n) is 13.0. The molecule has 1 aliphatic rings.